The number of hydrogen-bond acceptors (Lipinski definition) is 7. The van der Waals surface area contributed by atoms with Crippen LogP contribution in [-0.4, -0.2) is 65.8 Å². The molecular formula is C34H35F3N4O4. The Morgan fingerprint density at radius 3 is 2.80 bits per heavy atom. The van der Waals surface area contributed by atoms with Gasteiger partial charge in [0.1, 0.15) is 29.2 Å². The van der Waals surface area contributed by atoms with E-state index in [2.05, 4.69) is 20.1 Å². The van der Waals surface area contributed by atoms with Gasteiger partial charge in [-0.05, 0) is 75.8 Å². The second-order valence-electron chi connectivity index (χ2n) is 12.7. The van der Waals surface area contributed by atoms with E-state index >= 15 is 0 Å². The van der Waals surface area contributed by atoms with Crippen LogP contribution in [0.4, 0.5) is 19.0 Å². The summed E-state index contributed by atoms with van der Waals surface area (Å²) in [5.41, 5.74) is 1.30. The molecule has 0 unspecified atom stereocenters. The van der Waals surface area contributed by atoms with Crippen molar-refractivity contribution in [3.05, 3.63) is 76.5 Å². The Hall–Kier alpha value is -3.96. The monoisotopic (exact) mass is 620 g/mol. The van der Waals surface area contributed by atoms with Crippen LogP contribution < -0.4 is 14.8 Å². The van der Waals surface area contributed by atoms with Crippen LogP contribution in [0.2, 0.25) is 0 Å². The summed E-state index contributed by atoms with van der Waals surface area (Å²) in [4.78, 5) is 33.5. The van der Waals surface area contributed by atoms with Gasteiger partial charge in [0.2, 0.25) is 5.91 Å². The largest absolute Gasteiger partial charge is 0.489 e. The highest BCUT2D eigenvalue weighted by atomic mass is 19.4. The number of ether oxygens (including phenoxy) is 2. The molecule has 1 saturated heterocycles. The van der Waals surface area contributed by atoms with Crippen LogP contribution in [-0.2, 0) is 23.9 Å². The van der Waals surface area contributed by atoms with Crippen LogP contribution in [0.1, 0.15) is 64.2 Å². The van der Waals surface area contributed by atoms with Crippen LogP contribution in [0.5, 0.6) is 17.2 Å². The molecule has 4 atom stereocenters. The van der Waals surface area contributed by atoms with Crippen molar-refractivity contribution in [3.63, 3.8) is 0 Å². The number of likely N-dealkylation sites (N-methyl/N-ethyl adjacent to an activating group) is 1. The van der Waals surface area contributed by atoms with Crippen molar-refractivity contribution in [3.8, 4) is 17.2 Å². The molecule has 2 aromatic carbocycles. The zero-order valence-corrected chi connectivity index (χ0v) is 25.2. The molecule has 2 fully saturated rings. The smallest absolute Gasteiger partial charge is 0.416 e. The maximum Gasteiger partial charge on any atom is 0.416 e. The molecule has 0 spiro atoms. The number of anilines is 1. The van der Waals surface area contributed by atoms with E-state index in [1.54, 1.807) is 12.3 Å². The number of nitrogens with one attached hydrogen (secondary N) is 1. The lowest BCUT2D eigenvalue weighted by Gasteiger charge is -2.36. The Morgan fingerprint density at radius 2 is 2.00 bits per heavy atom. The molecule has 1 amide bonds. The zero-order chi connectivity index (χ0) is 31.5. The van der Waals surface area contributed by atoms with Gasteiger partial charge in [-0.3, -0.25) is 14.5 Å². The first-order valence-corrected chi connectivity index (χ1v) is 15.4. The summed E-state index contributed by atoms with van der Waals surface area (Å²) in [6.07, 6.45) is -0.208. The molecule has 1 N–H and O–H groups in total. The fourth-order valence-corrected chi connectivity index (χ4v) is 7.06. The van der Waals surface area contributed by atoms with Crippen LogP contribution >= 0.6 is 0 Å². The fraction of sp³-hybridized carbons (Fsp3) is 0.441. The number of nitrogens with zero attached hydrogens (tertiary/aromatic N) is 3. The van der Waals surface area contributed by atoms with Gasteiger partial charge in [-0.1, -0.05) is 12.1 Å². The summed E-state index contributed by atoms with van der Waals surface area (Å²) in [6, 6.07) is 11.7. The number of rotatable bonds is 8. The number of pyridine rings is 1. The summed E-state index contributed by atoms with van der Waals surface area (Å²) in [6.45, 7) is 1.67. The second-order valence-corrected chi connectivity index (χ2v) is 12.7. The Morgan fingerprint density at radius 1 is 1.16 bits per heavy atom. The number of hydrogen-bond donors (Lipinski definition) is 1. The number of Topliss-reactive ketones (excluding diaryl/α,β-unsaturated/α-hetero) is 1. The molecule has 0 bridgehead atoms. The van der Waals surface area contributed by atoms with Gasteiger partial charge in [-0.2, -0.15) is 13.2 Å². The minimum absolute atomic E-state index is 0.0248. The van der Waals surface area contributed by atoms with E-state index in [0.717, 1.165) is 42.3 Å². The SMILES string of the molecule is CN(C)[C@H]1CCCN(Cc2ccc(C(=O)C[C@@H]3[C@H]4Oc5ccc(Oc6ccnc7c6CCC(=O)N7)cc5[C@@H]34)cc2C(F)(F)F)C1. The van der Waals surface area contributed by atoms with Crippen molar-refractivity contribution < 1.29 is 32.2 Å². The molecule has 7 rings (SSSR count). The topological polar surface area (TPSA) is 84.0 Å². The van der Waals surface area contributed by atoms with E-state index in [9.17, 15) is 22.8 Å². The number of benzene rings is 2. The third kappa shape index (κ3) is 5.91. The summed E-state index contributed by atoms with van der Waals surface area (Å²) in [5.74, 6) is 1.89. The molecule has 1 aromatic heterocycles. The quantitative estimate of drug-likeness (QED) is 0.307. The summed E-state index contributed by atoms with van der Waals surface area (Å²) in [7, 11) is 3.99. The van der Waals surface area contributed by atoms with Gasteiger partial charge in [0.25, 0.3) is 0 Å². The van der Waals surface area contributed by atoms with E-state index in [-0.39, 0.29) is 53.7 Å². The summed E-state index contributed by atoms with van der Waals surface area (Å²) >= 11 is 0. The maximum absolute atomic E-state index is 14.2. The van der Waals surface area contributed by atoms with E-state index in [1.807, 2.05) is 32.3 Å². The van der Waals surface area contributed by atoms with E-state index < -0.39 is 11.7 Å². The van der Waals surface area contributed by atoms with Gasteiger partial charge in [-0.15, -0.1) is 0 Å². The third-order valence-corrected chi connectivity index (χ3v) is 9.56. The van der Waals surface area contributed by atoms with Gasteiger partial charge in [-0.25, -0.2) is 4.98 Å². The van der Waals surface area contributed by atoms with Crippen molar-refractivity contribution in [2.75, 3.05) is 32.5 Å². The molecule has 45 heavy (non-hydrogen) atoms. The van der Waals surface area contributed by atoms with Crippen LogP contribution in [0, 0.1) is 5.92 Å². The minimum atomic E-state index is -4.56. The number of halogens is 3. The number of aromatic nitrogens is 1. The molecule has 3 aromatic rings. The lowest BCUT2D eigenvalue weighted by Crippen LogP contribution is -2.44. The van der Waals surface area contributed by atoms with E-state index in [0.29, 0.717) is 42.7 Å². The molecule has 1 saturated carbocycles. The third-order valence-electron chi connectivity index (χ3n) is 9.56. The first-order valence-electron chi connectivity index (χ1n) is 15.4. The van der Waals surface area contributed by atoms with Gasteiger partial charge in [0.05, 0.1) is 5.56 Å². The lowest BCUT2D eigenvalue weighted by atomic mass is 9.96. The van der Waals surface area contributed by atoms with Crippen molar-refractivity contribution >= 4 is 17.5 Å². The fourth-order valence-electron chi connectivity index (χ4n) is 7.06. The van der Waals surface area contributed by atoms with Gasteiger partial charge >= 0.3 is 6.18 Å². The van der Waals surface area contributed by atoms with Crippen LogP contribution in [0.3, 0.4) is 0 Å². The van der Waals surface area contributed by atoms with Crippen molar-refractivity contribution in [1.82, 2.24) is 14.8 Å². The Kier molecular flexibility index (Phi) is 7.56. The Labute approximate surface area is 259 Å². The second kappa shape index (κ2) is 11.4. The average molecular weight is 621 g/mol. The Balaban J connectivity index is 1.04. The molecule has 0 radical (unpaired) electrons. The highest BCUT2D eigenvalue weighted by Crippen LogP contribution is 2.60. The standard InChI is InChI=1S/C34H35F3N4O4/c1-40(2)21-4-3-13-41(18-21)17-20-6-5-19(14-26(20)34(35,36)37)27(42)16-25-31-24-15-22(7-9-28(24)45-32(25)31)44-29-11-12-38-33-23(29)8-10-30(43)39-33/h5-7,9,11-12,14-15,21,25,31-32H,3-4,8,10,13,16-18H2,1-2H3,(H,38,39,43)/t21-,25-,31-,32+/m0/s1. The molecule has 4 heterocycles. The van der Waals surface area contributed by atoms with Gasteiger partial charge in [0, 0.05) is 66.7 Å². The molecule has 1 aliphatic carbocycles. The summed E-state index contributed by atoms with van der Waals surface area (Å²) < 4.78 is 54.9. The van der Waals surface area contributed by atoms with Crippen molar-refractivity contribution in [1.29, 1.82) is 0 Å². The molecule has 236 valence electrons. The van der Waals surface area contributed by atoms with E-state index in [1.165, 1.54) is 12.1 Å². The van der Waals surface area contributed by atoms with Crippen molar-refractivity contribution in [2.24, 2.45) is 5.92 Å². The van der Waals surface area contributed by atoms with Crippen LogP contribution in [0.25, 0.3) is 0 Å². The number of piperidine rings is 1. The number of ketones is 1. The number of likely N-dealkylation sites (tertiary alicyclic amines) is 1. The predicted octanol–water partition coefficient (Wildman–Crippen LogP) is 6.05. The molecular weight excluding hydrogens is 585 g/mol. The molecule has 11 heteroatoms. The molecule has 4 aliphatic rings. The average Bonchev–Trinajstić information content (AvgIpc) is 3.52. The minimum Gasteiger partial charge on any atom is -0.489 e. The first-order chi connectivity index (χ1) is 21.5. The number of carbonyl (C=O) groups is 2. The van der Waals surface area contributed by atoms with Crippen LogP contribution in [0.15, 0.2) is 48.7 Å². The Bertz CT molecular complexity index is 1660. The number of fused-ring (bicyclic) bond motifs is 4. The zero-order valence-electron chi connectivity index (χ0n) is 25.2. The summed E-state index contributed by atoms with van der Waals surface area (Å²) in [5, 5.41) is 2.77. The van der Waals surface area contributed by atoms with Gasteiger partial charge < -0.3 is 19.7 Å². The normalized spacial score (nSPS) is 23.9. The predicted molar refractivity (Wildman–Crippen MR) is 161 cm³/mol. The lowest BCUT2D eigenvalue weighted by molar-refractivity contribution is -0.138. The highest BCUT2D eigenvalue weighted by Gasteiger charge is 2.59. The number of alkyl halides is 3. The highest BCUT2D eigenvalue weighted by molar-refractivity contribution is 5.97. The molecule has 3 aliphatic heterocycles. The maximum atomic E-state index is 14.2. The van der Waals surface area contributed by atoms with Crippen molar-refractivity contribution in [2.45, 2.75) is 62.9 Å². The van der Waals surface area contributed by atoms with E-state index in [4.69, 9.17) is 9.47 Å². The number of amides is 1. The van der Waals surface area contributed by atoms with Gasteiger partial charge in [0.15, 0.2) is 5.78 Å². The first kappa shape index (κ1) is 29.7. The molecule has 8 nitrogen and oxygen atoms in total. The number of carbonyl (C=O) groups excluding carboxylic acids is 2.